The summed E-state index contributed by atoms with van der Waals surface area (Å²) in [4.78, 5) is 1.26. The van der Waals surface area contributed by atoms with Gasteiger partial charge in [-0.2, -0.15) is 0 Å². The molecular formula is C9H3Br3Cl2S2. The van der Waals surface area contributed by atoms with Crippen molar-refractivity contribution in [3.63, 3.8) is 0 Å². The summed E-state index contributed by atoms with van der Waals surface area (Å²) in [5.41, 5.74) is 1.01. The highest BCUT2D eigenvalue weighted by Crippen LogP contribution is 2.45. The van der Waals surface area contributed by atoms with Gasteiger partial charge in [0.2, 0.25) is 0 Å². The van der Waals surface area contributed by atoms with Gasteiger partial charge in [-0.1, -0.05) is 39.1 Å². The van der Waals surface area contributed by atoms with Crippen molar-refractivity contribution >= 4 is 93.7 Å². The predicted octanol–water partition coefficient (Wildman–Crippen LogP) is 7.13. The van der Waals surface area contributed by atoms with E-state index in [1.807, 2.05) is 6.07 Å². The average molecular weight is 486 g/mol. The first-order valence-electron chi connectivity index (χ1n) is 4.02. The van der Waals surface area contributed by atoms with Crippen molar-refractivity contribution in [2.75, 3.05) is 0 Å². The third kappa shape index (κ3) is 2.87. The Balaban J connectivity index is 2.38. The molecule has 0 aliphatic heterocycles. The third-order valence-electron chi connectivity index (χ3n) is 1.87. The highest BCUT2D eigenvalue weighted by Gasteiger charge is 2.19. The molecule has 0 aliphatic rings. The van der Waals surface area contributed by atoms with Crippen molar-refractivity contribution in [1.82, 2.24) is 0 Å². The van der Waals surface area contributed by atoms with Crippen LogP contribution in [0.15, 0.2) is 20.4 Å². The lowest BCUT2D eigenvalue weighted by Crippen LogP contribution is -1.86. The molecule has 2 aromatic rings. The van der Waals surface area contributed by atoms with E-state index in [4.69, 9.17) is 23.2 Å². The molecule has 0 bridgehead atoms. The molecule has 1 unspecified atom stereocenters. The molecule has 86 valence electrons. The van der Waals surface area contributed by atoms with E-state index in [2.05, 4.69) is 53.9 Å². The Kier molecular flexibility index (Phi) is 4.84. The molecule has 16 heavy (non-hydrogen) atoms. The lowest BCUT2D eigenvalue weighted by Gasteiger charge is -2.05. The monoisotopic (exact) mass is 482 g/mol. The van der Waals surface area contributed by atoms with Gasteiger partial charge in [-0.3, -0.25) is 0 Å². The standard InChI is InChI=1S/C9H3Br3Cl2S2/c10-4-2-5(15-8(4)12)7(11)3-1-6(13)16-9(3)14/h1-2,7H. The van der Waals surface area contributed by atoms with E-state index in [0.29, 0.717) is 4.34 Å². The fourth-order valence-corrected chi connectivity index (χ4v) is 5.84. The van der Waals surface area contributed by atoms with Crippen LogP contribution in [0, 0.1) is 0 Å². The Morgan fingerprint density at radius 1 is 1.12 bits per heavy atom. The second-order valence-electron chi connectivity index (χ2n) is 2.91. The molecule has 2 aromatic heterocycles. The van der Waals surface area contributed by atoms with E-state index >= 15 is 0 Å². The van der Waals surface area contributed by atoms with Crippen LogP contribution >= 0.6 is 93.7 Å². The number of halogens is 5. The number of alkyl halides is 1. The Morgan fingerprint density at radius 3 is 2.25 bits per heavy atom. The van der Waals surface area contributed by atoms with Crippen LogP contribution in [-0.2, 0) is 0 Å². The zero-order chi connectivity index (χ0) is 11.9. The second kappa shape index (κ2) is 5.59. The van der Waals surface area contributed by atoms with Gasteiger partial charge in [0.1, 0.15) is 0 Å². The minimum atomic E-state index is 0.0800. The number of hydrogen-bond acceptors (Lipinski definition) is 2. The summed E-state index contributed by atoms with van der Waals surface area (Å²) in [5.74, 6) is 0. The zero-order valence-corrected chi connectivity index (χ0v) is 15.3. The molecule has 1 atom stereocenters. The van der Waals surface area contributed by atoms with Crippen LogP contribution in [0.25, 0.3) is 0 Å². The van der Waals surface area contributed by atoms with Gasteiger partial charge >= 0.3 is 0 Å². The van der Waals surface area contributed by atoms with E-state index in [-0.39, 0.29) is 4.83 Å². The van der Waals surface area contributed by atoms with Gasteiger partial charge in [-0.15, -0.1) is 22.7 Å². The maximum atomic E-state index is 6.12. The molecule has 0 fully saturated rings. The van der Waals surface area contributed by atoms with Gasteiger partial charge in [-0.25, -0.2) is 0 Å². The van der Waals surface area contributed by atoms with Crippen LogP contribution < -0.4 is 0 Å². The highest BCUT2D eigenvalue weighted by atomic mass is 79.9. The van der Waals surface area contributed by atoms with Gasteiger partial charge in [0.15, 0.2) is 0 Å². The quantitative estimate of drug-likeness (QED) is 0.397. The summed E-state index contributed by atoms with van der Waals surface area (Å²) < 4.78 is 3.56. The molecule has 0 N–H and O–H groups in total. The Bertz CT molecular complexity index is 501. The lowest BCUT2D eigenvalue weighted by molar-refractivity contribution is 1.25. The molecule has 0 amide bonds. The first kappa shape index (κ1) is 13.8. The van der Waals surface area contributed by atoms with E-state index < -0.39 is 0 Å². The van der Waals surface area contributed by atoms with Crippen molar-refractivity contribution in [3.05, 3.63) is 39.5 Å². The Labute approximate surface area is 136 Å². The normalized spacial score (nSPS) is 13.1. The molecule has 0 radical (unpaired) electrons. The molecule has 2 heterocycles. The van der Waals surface area contributed by atoms with E-state index in [9.17, 15) is 0 Å². The zero-order valence-electron chi connectivity index (χ0n) is 7.44. The van der Waals surface area contributed by atoms with Crippen molar-refractivity contribution in [1.29, 1.82) is 0 Å². The maximum absolute atomic E-state index is 6.12. The average Bonchev–Trinajstić information content (AvgIpc) is 2.70. The van der Waals surface area contributed by atoms with Gasteiger partial charge < -0.3 is 0 Å². The van der Waals surface area contributed by atoms with Gasteiger partial charge in [-0.05, 0) is 44.0 Å². The van der Waals surface area contributed by atoms with E-state index in [0.717, 1.165) is 18.2 Å². The molecule has 0 aromatic carbocycles. The van der Waals surface area contributed by atoms with Crippen LogP contribution in [0.4, 0.5) is 0 Å². The number of rotatable bonds is 2. The van der Waals surface area contributed by atoms with Crippen molar-refractivity contribution in [2.24, 2.45) is 0 Å². The smallest absolute Gasteiger partial charge is 0.0991 e. The molecule has 7 heteroatoms. The van der Waals surface area contributed by atoms with Crippen molar-refractivity contribution in [3.8, 4) is 0 Å². The molecule has 0 saturated carbocycles. The summed E-state index contributed by atoms with van der Waals surface area (Å²) in [5, 5.41) is 0. The SMILES string of the molecule is Clc1cc(C(Br)c2cc(Br)c(Br)s2)c(Cl)s1. The third-order valence-corrected chi connectivity index (χ3v) is 8.00. The second-order valence-corrected chi connectivity index (χ2v) is 9.37. The van der Waals surface area contributed by atoms with Crippen molar-refractivity contribution in [2.45, 2.75) is 4.83 Å². The summed E-state index contributed by atoms with van der Waals surface area (Å²) in [6.07, 6.45) is 0. The number of hydrogen-bond donors (Lipinski definition) is 0. The van der Waals surface area contributed by atoms with Crippen molar-refractivity contribution < 1.29 is 0 Å². The van der Waals surface area contributed by atoms with Crippen LogP contribution in [0.2, 0.25) is 8.67 Å². The summed E-state index contributed by atoms with van der Waals surface area (Å²) in [6, 6.07) is 3.96. The topological polar surface area (TPSA) is 0 Å². The summed E-state index contributed by atoms with van der Waals surface area (Å²) in [7, 11) is 0. The molecule has 0 aliphatic carbocycles. The lowest BCUT2D eigenvalue weighted by atomic mass is 10.2. The Hall–Kier alpha value is 1.42. The molecule has 0 spiro atoms. The van der Waals surface area contributed by atoms with Crippen LogP contribution in [0.3, 0.4) is 0 Å². The molecule has 0 nitrogen and oxygen atoms in total. The fraction of sp³-hybridized carbons (Fsp3) is 0.111. The van der Waals surface area contributed by atoms with Gasteiger partial charge in [0, 0.05) is 14.9 Å². The summed E-state index contributed by atoms with van der Waals surface area (Å²) >= 11 is 25.7. The molecular weight excluding hydrogens is 483 g/mol. The van der Waals surface area contributed by atoms with Gasteiger partial charge in [0.25, 0.3) is 0 Å². The Morgan fingerprint density at radius 2 is 1.81 bits per heavy atom. The predicted molar refractivity (Wildman–Crippen MR) is 84.8 cm³/mol. The largest absolute Gasteiger partial charge is 0.131 e. The van der Waals surface area contributed by atoms with Crippen LogP contribution in [0.5, 0.6) is 0 Å². The first-order chi connectivity index (χ1) is 7.49. The molecule has 0 saturated heterocycles. The highest BCUT2D eigenvalue weighted by molar-refractivity contribution is 9.13. The summed E-state index contributed by atoms with van der Waals surface area (Å²) in [6.45, 7) is 0. The first-order valence-corrected chi connectivity index (χ1v) is 8.91. The molecule has 2 rings (SSSR count). The fourth-order valence-electron chi connectivity index (χ4n) is 1.17. The minimum absolute atomic E-state index is 0.0800. The van der Waals surface area contributed by atoms with Crippen LogP contribution in [0.1, 0.15) is 15.3 Å². The number of thiophene rings is 2. The minimum Gasteiger partial charge on any atom is -0.131 e. The maximum Gasteiger partial charge on any atom is 0.0991 e. The van der Waals surface area contributed by atoms with Crippen LogP contribution in [-0.4, -0.2) is 0 Å². The van der Waals surface area contributed by atoms with Gasteiger partial charge in [0.05, 0.1) is 17.3 Å². The van der Waals surface area contributed by atoms with E-state index in [1.54, 1.807) is 11.3 Å². The van der Waals surface area contributed by atoms with E-state index in [1.165, 1.54) is 16.2 Å².